The van der Waals surface area contributed by atoms with Crippen LogP contribution in [-0.4, -0.2) is 21.5 Å². The Kier molecular flexibility index (Phi) is 6.40. The second-order valence-electron chi connectivity index (χ2n) is 4.93. The summed E-state index contributed by atoms with van der Waals surface area (Å²) in [7, 11) is -2.60. The summed E-state index contributed by atoms with van der Waals surface area (Å²) in [6.45, 7) is 0. The molecule has 2 aromatic rings. The summed E-state index contributed by atoms with van der Waals surface area (Å²) in [5.74, 6) is -0.545. The number of halogens is 2. The predicted octanol–water partition coefficient (Wildman–Crippen LogP) is 3.69. The molecule has 8 heteroatoms. The number of carbonyl (C=O) groups is 1. The van der Waals surface area contributed by atoms with E-state index < -0.39 is 22.0 Å². The maximum atomic E-state index is 12.6. The first-order valence-electron chi connectivity index (χ1n) is 6.92. The topological polar surface area (TPSA) is 72.5 Å². The van der Waals surface area contributed by atoms with Crippen LogP contribution in [0, 0.1) is 0 Å². The first kappa shape index (κ1) is 18.9. The normalized spacial score (nSPS) is 12.6. The zero-order valence-electron chi connectivity index (χ0n) is 12.7. The molecule has 1 unspecified atom stereocenters. The maximum Gasteiger partial charge on any atom is 0.307 e. The van der Waals surface area contributed by atoms with E-state index in [1.807, 2.05) is 0 Å². The van der Waals surface area contributed by atoms with Crippen molar-refractivity contribution in [2.75, 3.05) is 7.11 Å². The summed E-state index contributed by atoms with van der Waals surface area (Å²) in [6.07, 6.45) is -0.173. The quantitative estimate of drug-likeness (QED) is 0.707. The Hall–Kier alpha value is -1.41. The van der Waals surface area contributed by atoms with E-state index in [1.54, 1.807) is 36.4 Å². The van der Waals surface area contributed by atoms with E-state index in [0.717, 1.165) is 0 Å². The van der Waals surface area contributed by atoms with Gasteiger partial charge >= 0.3 is 5.97 Å². The molecule has 0 saturated heterocycles. The van der Waals surface area contributed by atoms with Crippen LogP contribution in [0.5, 0.6) is 0 Å². The van der Waals surface area contributed by atoms with E-state index in [2.05, 4.69) is 25.4 Å². The number of rotatable bonds is 6. The van der Waals surface area contributed by atoms with E-state index in [0.29, 0.717) is 15.1 Å². The van der Waals surface area contributed by atoms with Gasteiger partial charge in [-0.15, -0.1) is 0 Å². The van der Waals surface area contributed by atoms with Gasteiger partial charge in [0, 0.05) is 9.50 Å². The molecule has 0 aliphatic heterocycles. The highest BCUT2D eigenvalue weighted by molar-refractivity contribution is 9.10. The first-order chi connectivity index (χ1) is 11.3. The lowest BCUT2D eigenvalue weighted by atomic mass is 10.1. The largest absolute Gasteiger partial charge is 0.469 e. The zero-order chi connectivity index (χ0) is 17.7. The molecule has 2 aromatic carbocycles. The van der Waals surface area contributed by atoms with Crippen LogP contribution in [0.15, 0.2) is 57.9 Å². The van der Waals surface area contributed by atoms with E-state index in [4.69, 9.17) is 11.6 Å². The van der Waals surface area contributed by atoms with Crippen molar-refractivity contribution in [1.82, 2.24) is 4.72 Å². The lowest BCUT2D eigenvalue weighted by molar-refractivity contribution is -0.141. The highest BCUT2D eigenvalue weighted by Crippen LogP contribution is 2.27. The first-order valence-corrected chi connectivity index (χ1v) is 9.58. The molecule has 0 fully saturated rings. The third-order valence-electron chi connectivity index (χ3n) is 3.28. The Labute approximate surface area is 154 Å². The van der Waals surface area contributed by atoms with Crippen LogP contribution >= 0.6 is 27.5 Å². The average molecular weight is 433 g/mol. The number of methoxy groups -OCH3 is 1. The summed E-state index contributed by atoms with van der Waals surface area (Å²) < 4.78 is 33.1. The van der Waals surface area contributed by atoms with Crippen LogP contribution in [0.4, 0.5) is 0 Å². The van der Waals surface area contributed by atoms with Crippen LogP contribution in [0.1, 0.15) is 18.0 Å². The summed E-state index contributed by atoms with van der Waals surface area (Å²) in [5.41, 5.74) is 0.503. The van der Waals surface area contributed by atoms with Gasteiger partial charge < -0.3 is 4.74 Å². The van der Waals surface area contributed by atoms with Crippen LogP contribution in [0.2, 0.25) is 5.02 Å². The van der Waals surface area contributed by atoms with Crippen molar-refractivity contribution >= 4 is 43.5 Å². The zero-order valence-corrected chi connectivity index (χ0v) is 15.9. The van der Waals surface area contributed by atoms with Gasteiger partial charge in [-0.2, -0.15) is 0 Å². The summed E-state index contributed by atoms with van der Waals surface area (Å²) in [5, 5.41) is 0.364. The van der Waals surface area contributed by atoms with Crippen LogP contribution in [-0.2, 0) is 19.6 Å². The van der Waals surface area contributed by atoms with Gasteiger partial charge in [0.25, 0.3) is 0 Å². The molecule has 0 aliphatic carbocycles. The number of sulfonamides is 1. The van der Waals surface area contributed by atoms with Gasteiger partial charge in [0.05, 0.1) is 24.5 Å². The van der Waals surface area contributed by atoms with E-state index in [-0.39, 0.29) is 11.3 Å². The van der Waals surface area contributed by atoms with Gasteiger partial charge in [-0.25, -0.2) is 13.1 Å². The minimum absolute atomic E-state index is 0.0822. The molecule has 24 heavy (non-hydrogen) atoms. The number of ether oxygens (including phenoxy) is 1. The van der Waals surface area contributed by atoms with Crippen molar-refractivity contribution < 1.29 is 17.9 Å². The van der Waals surface area contributed by atoms with Gasteiger partial charge in [0.1, 0.15) is 0 Å². The van der Waals surface area contributed by atoms with Gasteiger partial charge in [-0.3, -0.25) is 4.79 Å². The van der Waals surface area contributed by atoms with E-state index >= 15 is 0 Å². The van der Waals surface area contributed by atoms with Gasteiger partial charge in [0.15, 0.2) is 0 Å². The summed E-state index contributed by atoms with van der Waals surface area (Å²) in [4.78, 5) is 11.8. The smallest absolute Gasteiger partial charge is 0.307 e. The molecule has 5 nitrogen and oxygen atoms in total. The van der Waals surface area contributed by atoms with E-state index in [1.165, 1.54) is 19.2 Å². The van der Waals surface area contributed by atoms with Crippen molar-refractivity contribution in [1.29, 1.82) is 0 Å². The molecular weight excluding hydrogens is 418 g/mol. The Morgan fingerprint density at radius 2 is 1.96 bits per heavy atom. The average Bonchev–Trinajstić information content (AvgIpc) is 2.54. The van der Waals surface area contributed by atoms with Crippen molar-refractivity contribution in [3.05, 3.63) is 63.6 Å². The fourth-order valence-corrected chi connectivity index (χ4v) is 4.19. The fraction of sp³-hybridized carbons (Fsp3) is 0.188. The molecule has 0 aromatic heterocycles. The van der Waals surface area contributed by atoms with Crippen LogP contribution in [0.25, 0.3) is 0 Å². The Bertz CT molecular complexity index is 841. The Balaban J connectivity index is 2.38. The molecule has 0 spiro atoms. The number of nitrogens with one attached hydrogen (secondary N) is 1. The highest BCUT2D eigenvalue weighted by Gasteiger charge is 2.25. The molecule has 0 aliphatic rings. The summed E-state index contributed by atoms with van der Waals surface area (Å²) in [6, 6.07) is 12.2. The number of hydrogen-bond donors (Lipinski definition) is 1. The molecule has 2 rings (SSSR count). The molecular formula is C16H15BrClNO4S. The van der Waals surface area contributed by atoms with E-state index in [9.17, 15) is 13.2 Å². The third-order valence-corrected chi connectivity index (χ3v) is 5.59. The Morgan fingerprint density at radius 1 is 1.25 bits per heavy atom. The standard InChI is InChI=1S/C16H15BrClNO4S/c1-23-16(20)10-15(13-7-2-3-8-14(13)18)19-24(21,22)12-6-4-5-11(17)9-12/h2-9,15,19H,10H2,1H3. The maximum absolute atomic E-state index is 12.6. The van der Waals surface area contributed by atoms with Gasteiger partial charge in [-0.05, 0) is 29.8 Å². The number of carbonyl (C=O) groups excluding carboxylic acids is 1. The number of benzene rings is 2. The molecule has 0 radical (unpaired) electrons. The lowest BCUT2D eigenvalue weighted by Gasteiger charge is -2.19. The van der Waals surface area contributed by atoms with Crippen molar-refractivity contribution in [2.24, 2.45) is 0 Å². The number of hydrogen-bond acceptors (Lipinski definition) is 4. The minimum atomic E-state index is -3.85. The molecule has 0 amide bonds. The molecule has 0 heterocycles. The predicted molar refractivity (Wildman–Crippen MR) is 95.3 cm³/mol. The van der Waals surface area contributed by atoms with Crippen molar-refractivity contribution in [3.8, 4) is 0 Å². The number of esters is 1. The van der Waals surface area contributed by atoms with Crippen molar-refractivity contribution in [3.63, 3.8) is 0 Å². The second kappa shape index (κ2) is 8.11. The fourth-order valence-electron chi connectivity index (χ4n) is 2.11. The van der Waals surface area contributed by atoms with Gasteiger partial charge in [0.2, 0.25) is 10.0 Å². The SMILES string of the molecule is COC(=O)CC(NS(=O)(=O)c1cccc(Br)c1)c1ccccc1Cl. The molecule has 128 valence electrons. The highest BCUT2D eigenvalue weighted by atomic mass is 79.9. The van der Waals surface area contributed by atoms with Gasteiger partial charge in [-0.1, -0.05) is 51.8 Å². The minimum Gasteiger partial charge on any atom is -0.469 e. The molecule has 1 atom stereocenters. The second-order valence-corrected chi connectivity index (χ2v) is 7.97. The molecule has 0 saturated carbocycles. The Morgan fingerprint density at radius 3 is 2.58 bits per heavy atom. The van der Waals surface area contributed by atoms with Crippen LogP contribution in [0.3, 0.4) is 0 Å². The lowest BCUT2D eigenvalue weighted by Crippen LogP contribution is -2.30. The van der Waals surface area contributed by atoms with Crippen LogP contribution < -0.4 is 4.72 Å². The summed E-state index contributed by atoms with van der Waals surface area (Å²) >= 11 is 9.39. The van der Waals surface area contributed by atoms with Crippen molar-refractivity contribution in [2.45, 2.75) is 17.4 Å². The third kappa shape index (κ3) is 4.80. The monoisotopic (exact) mass is 431 g/mol. The molecule has 1 N–H and O–H groups in total. The molecule has 0 bridgehead atoms.